The summed E-state index contributed by atoms with van der Waals surface area (Å²) < 4.78 is 50.0. The van der Waals surface area contributed by atoms with Crippen molar-refractivity contribution >= 4 is 29.0 Å². The van der Waals surface area contributed by atoms with E-state index in [0.29, 0.717) is 19.5 Å². The molecule has 3 saturated heterocycles. The molecule has 0 aromatic heterocycles. The Bertz CT molecular complexity index is 1530. The van der Waals surface area contributed by atoms with Crippen LogP contribution in [0.3, 0.4) is 0 Å². The van der Waals surface area contributed by atoms with Gasteiger partial charge in [0.1, 0.15) is 41.3 Å². The van der Waals surface area contributed by atoms with E-state index < -0.39 is 96.1 Å². The van der Waals surface area contributed by atoms with E-state index in [2.05, 4.69) is 29.2 Å². The first-order valence-corrected chi connectivity index (χ1v) is 22.8. The van der Waals surface area contributed by atoms with Crippen LogP contribution in [0.5, 0.6) is 0 Å². The number of halogens is 1. The summed E-state index contributed by atoms with van der Waals surface area (Å²) in [5, 5.41) is 48.5. The van der Waals surface area contributed by atoms with Crippen LogP contribution in [0, 0.1) is 24.7 Å². The van der Waals surface area contributed by atoms with E-state index in [-0.39, 0.29) is 37.3 Å². The SMILES string of the molecule is CC[C@H]1OC(=O)[C@H](C)[C@@H](OC2C[C@@](C)(OC)[C@@H](OC)[C@H](C)O2)[C@H](C)[C@@H](O[C@@H]2O[C@H](C)C[C@H](N(C)Cc3ccc(C)cc3)[C@H]2O)[C@](C)(O)C[C@@H](C)CN(C)[C@H](C)[C@@H](O)[C@]1(O)OI. The van der Waals surface area contributed by atoms with Crippen molar-refractivity contribution < 1.29 is 61.4 Å². The average molecular weight is 981 g/mol. The molecule has 0 aliphatic carbocycles. The number of hydrogen-bond donors (Lipinski definition) is 4. The Morgan fingerprint density at radius 3 is 2.18 bits per heavy atom. The van der Waals surface area contributed by atoms with Gasteiger partial charge >= 0.3 is 5.97 Å². The second kappa shape index (κ2) is 21.9. The Morgan fingerprint density at radius 2 is 1.61 bits per heavy atom. The number of aryl methyl sites for hydroxylation is 1. The maximum Gasteiger partial charge on any atom is 0.311 e. The molecule has 3 aliphatic heterocycles. The Kier molecular flexibility index (Phi) is 18.9. The molecule has 4 rings (SSSR count). The van der Waals surface area contributed by atoms with Gasteiger partial charge in [0.2, 0.25) is 5.79 Å². The quantitative estimate of drug-likeness (QED) is 0.136. The minimum Gasteiger partial charge on any atom is -0.456 e. The van der Waals surface area contributed by atoms with Gasteiger partial charge in [-0.05, 0) is 93.3 Å². The van der Waals surface area contributed by atoms with Gasteiger partial charge in [0, 0.05) is 51.7 Å². The molecule has 0 saturated carbocycles. The summed E-state index contributed by atoms with van der Waals surface area (Å²) in [5.41, 5.74) is -0.154. The number of cyclic esters (lactones) is 1. The van der Waals surface area contributed by atoms with Crippen molar-refractivity contribution in [3.63, 3.8) is 0 Å². The van der Waals surface area contributed by atoms with Crippen LogP contribution >= 0.6 is 23.0 Å². The first kappa shape index (κ1) is 52.5. The van der Waals surface area contributed by atoms with Crippen molar-refractivity contribution in [1.29, 1.82) is 0 Å². The molecule has 15 nitrogen and oxygen atoms in total. The number of nitrogens with zero attached hydrogens (tertiary/aromatic N) is 2. The fourth-order valence-corrected chi connectivity index (χ4v) is 10.5. The standard InChI is InChI=1S/C45H77IN2O13/c1-15-34-45(53,61-46)38(50)30(7)47(11)23-26(3)21-43(9,52)39(60-42-36(49)33(20-27(4)56-42)48(12)24-32-18-16-25(2)17-19-32)28(5)37(29(6)41(51)58-34)59-35-22-44(10,55-14)40(54-13)31(8)57-35/h16-19,26-31,33-40,42,49-50,52-53H,15,20-24H2,1-14H3/t26-,27-,28+,29-,30-,31+,33+,34-,35?,36-,37+,38-,39-,40+,42+,43-,44-,45-/m1/s1. The lowest BCUT2D eigenvalue weighted by molar-refractivity contribution is -0.320. The molecule has 1 aromatic rings. The highest BCUT2D eigenvalue weighted by molar-refractivity contribution is 14.1. The van der Waals surface area contributed by atoms with E-state index in [9.17, 15) is 25.2 Å². The Labute approximate surface area is 378 Å². The number of likely N-dealkylation sites (N-methyl/N-ethyl adjacent to an activating group) is 2. The number of benzene rings is 1. The molecule has 0 amide bonds. The normalized spacial score (nSPS) is 44.0. The second-order valence-corrected chi connectivity index (χ2v) is 19.4. The molecular formula is C45H77IN2O13. The zero-order valence-corrected chi connectivity index (χ0v) is 41.1. The maximum absolute atomic E-state index is 14.5. The molecule has 0 radical (unpaired) electrons. The van der Waals surface area contributed by atoms with Crippen molar-refractivity contribution in [2.45, 2.75) is 192 Å². The molecule has 4 N–H and O–H groups in total. The third-order valence-corrected chi connectivity index (χ3v) is 14.3. The fraction of sp³-hybridized carbons (Fsp3) is 0.844. The van der Waals surface area contributed by atoms with E-state index in [1.54, 1.807) is 41.9 Å². The van der Waals surface area contributed by atoms with Crippen LogP contribution < -0.4 is 0 Å². The fourth-order valence-electron chi connectivity index (χ4n) is 9.99. The first-order chi connectivity index (χ1) is 28.5. The van der Waals surface area contributed by atoms with E-state index >= 15 is 0 Å². The predicted octanol–water partition coefficient (Wildman–Crippen LogP) is 4.74. The number of esters is 1. The predicted molar refractivity (Wildman–Crippen MR) is 237 cm³/mol. The van der Waals surface area contributed by atoms with Crippen LogP contribution in [0.15, 0.2) is 24.3 Å². The molecule has 3 heterocycles. The lowest BCUT2D eigenvalue weighted by Crippen LogP contribution is -2.61. The summed E-state index contributed by atoms with van der Waals surface area (Å²) in [4.78, 5) is 18.5. The topological polar surface area (TPSA) is 178 Å². The zero-order chi connectivity index (χ0) is 45.8. The summed E-state index contributed by atoms with van der Waals surface area (Å²) >= 11 is 1.54. The number of methoxy groups -OCH3 is 2. The lowest BCUT2D eigenvalue weighted by Gasteiger charge is -2.49. The number of aliphatic hydroxyl groups excluding tert-OH is 2. The van der Waals surface area contributed by atoms with Crippen molar-refractivity contribution in [2.75, 3.05) is 34.9 Å². The second-order valence-electron chi connectivity index (χ2n) is 18.9. The summed E-state index contributed by atoms with van der Waals surface area (Å²) in [6.45, 7) is 19.4. The number of rotatable bonds is 11. The van der Waals surface area contributed by atoms with Gasteiger partial charge < -0.3 is 58.5 Å². The van der Waals surface area contributed by atoms with Gasteiger partial charge in [-0.15, -0.1) is 0 Å². The van der Waals surface area contributed by atoms with Gasteiger partial charge in [-0.2, -0.15) is 0 Å². The smallest absolute Gasteiger partial charge is 0.311 e. The number of hydrogen-bond acceptors (Lipinski definition) is 15. The van der Waals surface area contributed by atoms with Gasteiger partial charge in [-0.25, -0.2) is 0 Å². The molecular weight excluding hydrogens is 903 g/mol. The van der Waals surface area contributed by atoms with Gasteiger partial charge in [0.05, 0.1) is 41.5 Å². The van der Waals surface area contributed by atoms with Crippen molar-refractivity contribution in [2.24, 2.45) is 17.8 Å². The molecule has 18 atom stereocenters. The summed E-state index contributed by atoms with van der Waals surface area (Å²) in [7, 11) is 6.99. The Morgan fingerprint density at radius 1 is 0.967 bits per heavy atom. The van der Waals surface area contributed by atoms with E-state index in [1.807, 2.05) is 60.5 Å². The molecule has 0 bridgehead atoms. The highest BCUT2D eigenvalue weighted by atomic mass is 127. The van der Waals surface area contributed by atoms with E-state index in [1.165, 1.54) is 23.0 Å². The number of carbonyl (C=O) groups excluding carboxylic acids is 1. The Hall–Kier alpha value is -1.10. The Balaban J connectivity index is 1.81. The van der Waals surface area contributed by atoms with Gasteiger partial charge in [-0.1, -0.05) is 50.6 Å². The van der Waals surface area contributed by atoms with E-state index in [0.717, 1.165) is 11.1 Å². The molecule has 16 heteroatoms. The summed E-state index contributed by atoms with van der Waals surface area (Å²) in [5.74, 6) is -5.03. The van der Waals surface area contributed by atoms with Crippen LogP contribution in [-0.4, -0.2) is 162 Å². The third kappa shape index (κ3) is 12.2. The van der Waals surface area contributed by atoms with Crippen LogP contribution in [0.25, 0.3) is 0 Å². The zero-order valence-electron chi connectivity index (χ0n) is 38.9. The van der Waals surface area contributed by atoms with Gasteiger partial charge in [0.15, 0.2) is 18.7 Å². The molecule has 3 fully saturated rings. The minimum atomic E-state index is -2.27. The van der Waals surface area contributed by atoms with Crippen molar-refractivity contribution in [1.82, 2.24) is 9.80 Å². The summed E-state index contributed by atoms with van der Waals surface area (Å²) in [6, 6.07) is 7.28. The molecule has 0 spiro atoms. The van der Waals surface area contributed by atoms with Crippen molar-refractivity contribution in [3.8, 4) is 0 Å². The lowest BCUT2D eigenvalue weighted by atomic mass is 9.77. The van der Waals surface area contributed by atoms with Gasteiger partial charge in [0.25, 0.3) is 0 Å². The van der Waals surface area contributed by atoms with Gasteiger partial charge in [-0.3, -0.25) is 12.8 Å². The van der Waals surface area contributed by atoms with Crippen LogP contribution in [0.2, 0.25) is 0 Å². The molecule has 1 aromatic carbocycles. The largest absolute Gasteiger partial charge is 0.456 e. The van der Waals surface area contributed by atoms with Crippen LogP contribution in [0.4, 0.5) is 0 Å². The van der Waals surface area contributed by atoms with Crippen molar-refractivity contribution in [3.05, 3.63) is 35.4 Å². The number of carbonyl (C=O) groups is 1. The number of aliphatic hydroxyl groups is 4. The monoisotopic (exact) mass is 980 g/mol. The maximum atomic E-state index is 14.5. The van der Waals surface area contributed by atoms with Crippen LogP contribution in [-0.2, 0) is 47.6 Å². The molecule has 1 unspecified atom stereocenters. The highest BCUT2D eigenvalue weighted by Crippen LogP contribution is 2.41. The molecule has 61 heavy (non-hydrogen) atoms. The average Bonchev–Trinajstić information content (AvgIpc) is 3.20. The minimum absolute atomic E-state index is 0.117. The third-order valence-electron chi connectivity index (χ3n) is 13.6. The summed E-state index contributed by atoms with van der Waals surface area (Å²) in [6.07, 6.45) is -8.14. The molecule has 3 aliphatic rings. The van der Waals surface area contributed by atoms with Crippen LogP contribution in [0.1, 0.15) is 99.1 Å². The molecule has 352 valence electrons. The first-order valence-electron chi connectivity index (χ1n) is 21.9. The van der Waals surface area contributed by atoms with E-state index in [4.69, 9.17) is 36.2 Å². The number of ether oxygens (including phenoxy) is 7. The highest BCUT2D eigenvalue weighted by Gasteiger charge is 2.54.